The summed E-state index contributed by atoms with van der Waals surface area (Å²) in [7, 11) is 3.18. The van der Waals surface area contributed by atoms with Crippen molar-refractivity contribution in [2.24, 2.45) is 5.73 Å². The van der Waals surface area contributed by atoms with Crippen LogP contribution in [0.3, 0.4) is 0 Å². The van der Waals surface area contributed by atoms with E-state index in [2.05, 4.69) is 11.2 Å². The van der Waals surface area contributed by atoms with Crippen molar-refractivity contribution in [2.45, 2.75) is 12.8 Å². The lowest BCUT2D eigenvalue weighted by molar-refractivity contribution is 0.363. The fourth-order valence-electron chi connectivity index (χ4n) is 3.63. The van der Waals surface area contributed by atoms with Gasteiger partial charge < -0.3 is 19.9 Å². The SMILES string of the molecule is COc1ccc(OC)c([C@H]2C(C#N)=C(N)Oc3c2c(C)nn3-c2ccccc2)c1. The minimum Gasteiger partial charge on any atom is -0.497 e. The molecule has 0 radical (unpaired) electrons. The van der Waals surface area contributed by atoms with Gasteiger partial charge in [0.25, 0.3) is 0 Å². The van der Waals surface area contributed by atoms with Crippen LogP contribution >= 0.6 is 0 Å². The van der Waals surface area contributed by atoms with Crippen LogP contribution in [0.5, 0.6) is 17.4 Å². The second-order valence-electron chi connectivity index (χ2n) is 6.58. The monoisotopic (exact) mass is 388 g/mol. The van der Waals surface area contributed by atoms with Crippen molar-refractivity contribution in [1.29, 1.82) is 5.26 Å². The summed E-state index contributed by atoms with van der Waals surface area (Å²) in [5, 5.41) is 14.5. The Morgan fingerprint density at radius 3 is 2.55 bits per heavy atom. The molecule has 1 atom stereocenters. The average molecular weight is 388 g/mol. The van der Waals surface area contributed by atoms with Crippen LogP contribution in [0.1, 0.15) is 22.7 Å². The average Bonchev–Trinajstić information content (AvgIpc) is 3.08. The molecule has 0 fully saturated rings. The van der Waals surface area contributed by atoms with Gasteiger partial charge in [-0.15, -0.1) is 0 Å². The third-order valence-electron chi connectivity index (χ3n) is 4.98. The van der Waals surface area contributed by atoms with E-state index in [1.165, 1.54) is 0 Å². The lowest BCUT2D eigenvalue weighted by Gasteiger charge is -2.26. The van der Waals surface area contributed by atoms with E-state index < -0.39 is 5.92 Å². The number of para-hydroxylation sites is 1. The Hall–Kier alpha value is -3.92. The summed E-state index contributed by atoms with van der Waals surface area (Å²) in [5.74, 6) is 1.31. The van der Waals surface area contributed by atoms with Crippen molar-refractivity contribution >= 4 is 0 Å². The second-order valence-corrected chi connectivity index (χ2v) is 6.58. The molecule has 0 saturated carbocycles. The third-order valence-corrected chi connectivity index (χ3v) is 4.98. The van der Waals surface area contributed by atoms with Crippen LogP contribution in [0.25, 0.3) is 5.69 Å². The van der Waals surface area contributed by atoms with Crippen molar-refractivity contribution in [3.8, 4) is 29.1 Å². The van der Waals surface area contributed by atoms with Crippen LogP contribution in [0.2, 0.25) is 0 Å². The Bertz CT molecular complexity index is 1140. The number of fused-ring (bicyclic) bond motifs is 1. The molecular weight excluding hydrogens is 368 g/mol. The number of aromatic nitrogens is 2. The number of nitriles is 1. The Kier molecular flexibility index (Phi) is 4.61. The number of hydrogen-bond donors (Lipinski definition) is 1. The van der Waals surface area contributed by atoms with Crippen LogP contribution < -0.4 is 19.9 Å². The zero-order valence-corrected chi connectivity index (χ0v) is 16.3. The molecule has 0 saturated heterocycles. The molecule has 2 aromatic carbocycles. The number of benzene rings is 2. The van der Waals surface area contributed by atoms with Gasteiger partial charge in [0.05, 0.1) is 37.1 Å². The van der Waals surface area contributed by atoms with Crippen LogP contribution in [0.4, 0.5) is 0 Å². The maximum Gasteiger partial charge on any atom is 0.229 e. The fourth-order valence-corrected chi connectivity index (χ4v) is 3.63. The molecule has 7 heteroatoms. The summed E-state index contributed by atoms with van der Waals surface area (Å²) in [6, 6.07) is 17.3. The molecule has 0 aliphatic carbocycles. The first-order valence-electron chi connectivity index (χ1n) is 9.03. The summed E-state index contributed by atoms with van der Waals surface area (Å²) in [6.07, 6.45) is 0. The van der Waals surface area contributed by atoms with Gasteiger partial charge in [0.1, 0.15) is 23.1 Å². The van der Waals surface area contributed by atoms with E-state index in [1.807, 2.05) is 55.5 Å². The topological polar surface area (TPSA) is 95.3 Å². The number of allylic oxidation sites excluding steroid dienone is 1. The van der Waals surface area contributed by atoms with Crippen molar-refractivity contribution < 1.29 is 14.2 Å². The molecule has 29 heavy (non-hydrogen) atoms. The first kappa shape index (κ1) is 18.4. The van der Waals surface area contributed by atoms with E-state index in [0.717, 1.165) is 22.5 Å². The summed E-state index contributed by atoms with van der Waals surface area (Å²) in [5.41, 5.74) is 9.57. The molecule has 0 spiro atoms. The number of hydrogen-bond acceptors (Lipinski definition) is 6. The molecule has 0 bridgehead atoms. The van der Waals surface area contributed by atoms with Gasteiger partial charge in [-0.2, -0.15) is 10.4 Å². The van der Waals surface area contributed by atoms with Gasteiger partial charge >= 0.3 is 0 Å². The molecule has 7 nitrogen and oxygen atoms in total. The highest BCUT2D eigenvalue weighted by Crippen LogP contribution is 2.47. The van der Waals surface area contributed by atoms with E-state index in [4.69, 9.17) is 19.9 Å². The minimum atomic E-state index is -0.494. The van der Waals surface area contributed by atoms with Crippen LogP contribution in [0.15, 0.2) is 60.0 Å². The Morgan fingerprint density at radius 2 is 1.90 bits per heavy atom. The molecular formula is C22H20N4O3. The Balaban J connectivity index is 2.00. The van der Waals surface area contributed by atoms with E-state index in [0.29, 0.717) is 23.0 Å². The van der Waals surface area contributed by atoms with Gasteiger partial charge in [0.2, 0.25) is 11.8 Å². The van der Waals surface area contributed by atoms with Crippen LogP contribution in [-0.2, 0) is 0 Å². The molecule has 4 rings (SSSR count). The van der Waals surface area contributed by atoms with Gasteiger partial charge in [-0.25, -0.2) is 4.68 Å². The number of rotatable bonds is 4. The number of nitrogens with two attached hydrogens (primary N) is 1. The highest BCUT2D eigenvalue weighted by atomic mass is 16.5. The van der Waals surface area contributed by atoms with Crippen molar-refractivity contribution in [1.82, 2.24) is 9.78 Å². The zero-order valence-electron chi connectivity index (χ0n) is 16.3. The smallest absolute Gasteiger partial charge is 0.229 e. The van der Waals surface area contributed by atoms with Crippen LogP contribution in [-0.4, -0.2) is 24.0 Å². The van der Waals surface area contributed by atoms with E-state index in [9.17, 15) is 5.26 Å². The normalized spacial score (nSPS) is 15.3. The maximum atomic E-state index is 9.86. The van der Waals surface area contributed by atoms with Gasteiger partial charge in [0, 0.05) is 5.56 Å². The molecule has 3 aromatic rings. The molecule has 1 aliphatic heterocycles. The number of methoxy groups -OCH3 is 2. The van der Waals surface area contributed by atoms with Crippen molar-refractivity contribution in [3.63, 3.8) is 0 Å². The highest BCUT2D eigenvalue weighted by molar-refractivity contribution is 5.60. The van der Waals surface area contributed by atoms with Crippen LogP contribution in [0, 0.1) is 18.3 Å². The van der Waals surface area contributed by atoms with Gasteiger partial charge in [0.15, 0.2) is 0 Å². The molecule has 2 heterocycles. The van der Waals surface area contributed by atoms with Crippen molar-refractivity contribution in [2.75, 3.05) is 14.2 Å². The largest absolute Gasteiger partial charge is 0.497 e. The summed E-state index contributed by atoms with van der Waals surface area (Å²) >= 11 is 0. The maximum absolute atomic E-state index is 9.86. The second kappa shape index (κ2) is 7.24. The molecule has 1 aliphatic rings. The summed E-state index contributed by atoms with van der Waals surface area (Å²) in [6.45, 7) is 1.89. The molecule has 0 unspecified atom stereocenters. The van der Waals surface area contributed by atoms with E-state index in [1.54, 1.807) is 18.9 Å². The predicted octanol–water partition coefficient (Wildman–Crippen LogP) is 3.42. The van der Waals surface area contributed by atoms with Gasteiger partial charge in [-0.05, 0) is 37.3 Å². The highest BCUT2D eigenvalue weighted by Gasteiger charge is 2.37. The lowest BCUT2D eigenvalue weighted by Crippen LogP contribution is -2.22. The first-order valence-corrected chi connectivity index (χ1v) is 9.03. The lowest BCUT2D eigenvalue weighted by atomic mass is 9.83. The zero-order chi connectivity index (χ0) is 20.5. The molecule has 1 aromatic heterocycles. The summed E-state index contributed by atoms with van der Waals surface area (Å²) < 4.78 is 18.6. The Morgan fingerprint density at radius 1 is 1.14 bits per heavy atom. The number of ether oxygens (including phenoxy) is 3. The molecule has 146 valence electrons. The first-order chi connectivity index (χ1) is 14.1. The molecule has 2 N–H and O–H groups in total. The summed E-state index contributed by atoms with van der Waals surface area (Å²) in [4.78, 5) is 0. The van der Waals surface area contributed by atoms with Gasteiger partial charge in [-0.3, -0.25) is 0 Å². The van der Waals surface area contributed by atoms with E-state index >= 15 is 0 Å². The van der Waals surface area contributed by atoms with Crippen molar-refractivity contribution in [3.05, 3.63) is 76.8 Å². The fraction of sp³-hybridized carbons (Fsp3) is 0.182. The predicted molar refractivity (Wildman–Crippen MR) is 107 cm³/mol. The molecule has 0 amide bonds. The standard InChI is InChI=1S/C22H20N4O3/c1-13-19-20(16-11-15(27-2)9-10-18(16)28-3)17(12-23)21(24)29-22(19)26(25-13)14-7-5-4-6-8-14/h4-11,20H,24H2,1-3H3/t20-/m0/s1. The van der Waals surface area contributed by atoms with E-state index in [-0.39, 0.29) is 5.88 Å². The Labute approximate surface area is 168 Å². The number of nitrogens with zero attached hydrogens (tertiary/aromatic N) is 3. The number of aryl methyl sites for hydroxylation is 1. The quantitative estimate of drug-likeness (QED) is 0.736. The minimum absolute atomic E-state index is 0.0481. The third kappa shape index (κ3) is 2.95. The van der Waals surface area contributed by atoms with Gasteiger partial charge in [-0.1, -0.05) is 18.2 Å².